The van der Waals surface area contributed by atoms with Crippen LogP contribution in [0.4, 0.5) is 0 Å². The molecule has 2 heteroatoms. The molecule has 14 heavy (non-hydrogen) atoms. The predicted molar refractivity (Wildman–Crippen MR) is 62.7 cm³/mol. The van der Waals surface area contributed by atoms with Gasteiger partial charge < -0.3 is 10.1 Å². The number of nitrogens with one attached hydrogen (secondary N) is 1. The monoisotopic (exact) mass is 201 g/mol. The summed E-state index contributed by atoms with van der Waals surface area (Å²) in [5, 5.41) is 3.61. The highest BCUT2D eigenvalue weighted by Gasteiger charge is 2.03. The summed E-state index contributed by atoms with van der Waals surface area (Å²) in [6.45, 7) is 6.56. The number of ether oxygens (including phenoxy) is 1. The molecule has 1 atom stereocenters. The number of rotatable bonds is 10. The molecule has 0 aromatic heterocycles. The van der Waals surface area contributed by atoms with E-state index < -0.39 is 0 Å². The summed E-state index contributed by atoms with van der Waals surface area (Å²) in [4.78, 5) is 0. The van der Waals surface area contributed by atoms with Gasteiger partial charge in [-0.15, -0.1) is 0 Å². The second kappa shape index (κ2) is 11.0. The molecule has 0 heterocycles. The molecule has 0 saturated heterocycles. The molecule has 0 bridgehead atoms. The lowest BCUT2D eigenvalue weighted by atomic mass is 10.1. The van der Waals surface area contributed by atoms with E-state index in [4.69, 9.17) is 4.74 Å². The standard InChI is InChI=1S/C12H27NO/c1-4-6-9-12(5-2)13-10-7-8-11-14-3/h12-13H,4-11H2,1-3H3. The van der Waals surface area contributed by atoms with Crippen molar-refractivity contribution in [2.75, 3.05) is 20.3 Å². The minimum Gasteiger partial charge on any atom is -0.385 e. The first kappa shape index (κ1) is 13.9. The van der Waals surface area contributed by atoms with Crippen LogP contribution < -0.4 is 5.32 Å². The van der Waals surface area contributed by atoms with E-state index in [1.165, 1.54) is 38.5 Å². The van der Waals surface area contributed by atoms with Gasteiger partial charge in [0, 0.05) is 19.8 Å². The van der Waals surface area contributed by atoms with Crippen LogP contribution in [-0.4, -0.2) is 26.3 Å². The van der Waals surface area contributed by atoms with Gasteiger partial charge in [-0.05, 0) is 32.2 Å². The topological polar surface area (TPSA) is 21.3 Å². The third-order valence-electron chi connectivity index (χ3n) is 2.61. The van der Waals surface area contributed by atoms with E-state index >= 15 is 0 Å². The summed E-state index contributed by atoms with van der Waals surface area (Å²) in [6, 6.07) is 0.734. The number of methoxy groups -OCH3 is 1. The summed E-state index contributed by atoms with van der Waals surface area (Å²) >= 11 is 0. The third-order valence-corrected chi connectivity index (χ3v) is 2.61. The van der Waals surface area contributed by atoms with E-state index in [1.54, 1.807) is 7.11 Å². The molecule has 86 valence electrons. The molecule has 2 nitrogen and oxygen atoms in total. The normalized spacial score (nSPS) is 13.1. The van der Waals surface area contributed by atoms with Crippen molar-refractivity contribution >= 4 is 0 Å². The maximum Gasteiger partial charge on any atom is 0.0462 e. The number of unbranched alkanes of at least 4 members (excludes halogenated alkanes) is 2. The van der Waals surface area contributed by atoms with Gasteiger partial charge in [0.2, 0.25) is 0 Å². The van der Waals surface area contributed by atoms with Crippen LogP contribution in [0.15, 0.2) is 0 Å². The van der Waals surface area contributed by atoms with Crippen LogP contribution in [0.5, 0.6) is 0 Å². The van der Waals surface area contributed by atoms with Crippen molar-refractivity contribution in [1.82, 2.24) is 5.32 Å². The molecule has 0 aromatic carbocycles. The van der Waals surface area contributed by atoms with Gasteiger partial charge in [-0.2, -0.15) is 0 Å². The third kappa shape index (κ3) is 8.52. The molecule has 0 aromatic rings. The first-order valence-electron chi connectivity index (χ1n) is 6.07. The SMILES string of the molecule is CCCCC(CC)NCCCCOC. The molecule has 0 aliphatic carbocycles. The smallest absolute Gasteiger partial charge is 0.0462 e. The maximum atomic E-state index is 5.01. The Morgan fingerprint density at radius 3 is 2.50 bits per heavy atom. The zero-order valence-corrected chi connectivity index (χ0v) is 10.1. The minimum atomic E-state index is 0.734. The van der Waals surface area contributed by atoms with Crippen molar-refractivity contribution in [3.8, 4) is 0 Å². The number of hydrogen-bond acceptors (Lipinski definition) is 2. The molecule has 0 rings (SSSR count). The molecular formula is C12H27NO. The van der Waals surface area contributed by atoms with Gasteiger partial charge in [0.05, 0.1) is 0 Å². The summed E-state index contributed by atoms with van der Waals surface area (Å²) in [5.41, 5.74) is 0. The highest BCUT2D eigenvalue weighted by molar-refractivity contribution is 4.64. The maximum absolute atomic E-state index is 5.01. The van der Waals surface area contributed by atoms with Crippen LogP contribution in [0.2, 0.25) is 0 Å². The fourth-order valence-electron chi connectivity index (χ4n) is 1.58. The van der Waals surface area contributed by atoms with Gasteiger partial charge in [0.25, 0.3) is 0 Å². The van der Waals surface area contributed by atoms with Crippen LogP contribution in [0.3, 0.4) is 0 Å². The Hall–Kier alpha value is -0.0800. The van der Waals surface area contributed by atoms with E-state index in [9.17, 15) is 0 Å². The highest BCUT2D eigenvalue weighted by Crippen LogP contribution is 2.04. The Labute approximate surface area is 89.4 Å². The molecular weight excluding hydrogens is 174 g/mol. The molecule has 0 fully saturated rings. The average Bonchev–Trinajstić information content (AvgIpc) is 2.22. The van der Waals surface area contributed by atoms with Crippen molar-refractivity contribution in [2.24, 2.45) is 0 Å². The summed E-state index contributed by atoms with van der Waals surface area (Å²) in [5.74, 6) is 0. The Bertz CT molecular complexity index is 106. The van der Waals surface area contributed by atoms with Gasteiger partial charge in [-0.1, -0.05) is 26.7 Å². The van der Waals surface area contributed by atoms with Crippen molar-refractivity contribution in [3.63, 3.8) is 0 Å². The molecule has 0 spiro atoms. The summed E-state index contributed by atoms with van der Waals surface area (Å²) < 4.78 is 5.01. The van der Waals surface area contributed by atoms with E-state index in [2.05, 4.69) is 19.2 Å². The van der Waals surface area contributed by atoms with Crippen molar-refractivity contribution < 1.29 is 4.74 Å². The van der Waals surface area contributed by atoms with Gasteiger partial charge in [0.15, 0.2) is 0 Å². The molecule has 0 aliphatic rings. The van der Waals surface area contributed by atoms with Crippen LogP contribution >= 0.6 is 0 Å². The van der Waals surface area contributed by atoms with Crippen molar-refractivity contribution in [3.05, 3.63) is 0 Å². The summed E-state index contributed by atoms with van der Waals surface area (Å²) in [7, 11) is 1.77. The zero-order valence-electron chi connectivity index (χ0n) is 10.1. The fourth-order valence-corrected chi connectivity index (χ4v) is 1.58. The predicted octanol–water partition coefficient (Wildman–Crippen LogP) is 2.97. The Balaban J connectivity index is 3.24. The quantitative estimate of drug-likeness (QED) is 0.549. The van der Waals surface area contributed by atoms with Gasteiger partial charge in [-0.25, -0.2) is 0 Å². The first-order chi connectivity index (χ1) is 6.85. The van der Waals surface area contributed by atoms with Crippen molar-refractivity contribution in [1.29, 1.82) is 0 Å². The van der Waals surface area contributed by atoms with Gasteiger partial charge in [-0.3, -0.25) is 0 Å². The average molecular weight is 201 g/mol. The summed E-state index contributed by atoms with van der Waals surface area (Å²) in [6.07, 6.45) is 7.65. The largest absolute Gasteiger partial charge is 0.385 e. The van der Waals surface area contributed by atoms with E-state index in [0.717, 1.165) is 19.2 Å². The molecule has 0 aliphatic heterocycles. The van der Waals surface area contributed by atoms with Gasteiger partial charge in [0.1, 0.15) is 0 Å². The molecule has 0 saturated carbocycles. The Morgan fingerprint density at radius 2 is 1.93 bits per heavy atom. The number of hydrogen-bond donors (Lipinski definition) is 1. The van der Waals surface area contributed by atoms with Crippen LogP contribution in [0.1, 0.15) is 52.4 Å². The second-order valence-corrected chi connectivity index (χ2v) is 3.90. The molecule has 0 amide bonds. The van der Waals surface area contributed by atoms with Crippen LogP contribution in [-0.2, 0) is 4.74 Å². The van der Waals surface area contributed by atoms with Gasteiger partial charge >= 0.3 is 0 Å². The zero-order chi connectivity index (χ0) is 10.6. The fraction of sp³-hybridized carbons (Fsp3) is 1.00. The Kier molecular flexibility index (Phi) is 10.9. The lowest BCUT2D eigenvalue weighted by Gasteiger charge is -2.16. The van der Waals surface area contributed by atoms with E-state index in [1.807, 2.05) is 0 Å². The highest BCUT2D eigenvalue weighted by atomic mass is 16.5. The van der Waals surface area contributed by atoms with Crippen molar-refractivity contribution in [2.45, 2.75) is 58.4 Å². The second-order valence-electron chi connectivity index (χ2n) is 3.90. The molecule has 0 radical (unpaired) electrons. The van der Waals surface area contributed by atoms with Crippen LogP contribution in [0.25, 0.3) is 0 Å². The first-order valence-corrected chi connectivity index (χ1v) is 6.07. The van der Waals surface area contributed by atoms with Crippen LogP contribution in [0, 0.1) is 0 Å². The molecule has 1 N–H and O–H groups in total. The lowest BCUT2D eigenvalue weighted by molar-refractivity contribution is 0.192. The van der Waals surface area contributed by atoms with E-state index in [-0.39, 0.29) is 0 Å². The van der Waals surface area contributed by atoms with E-state index in [0.29, 0.717) is 0 Å². The lowest BCUT2D eigenvalue weighted by Crippen LogP contribution is -2.29. The molecule has 1 unspecified atom stereocenters. The minimum absolute atomic E-state index is 0.734. The Morgan fingerprint density at radius 1 is 1.14 bits per heavy atom.